The molecule has 4 nitrogen and oxygen atoms in total. The van der Waals surface area contributed by atoms with E-state index in [1.54, 1.807) is 60.7 Å². The van der Waals surface area contributed by atoms with Gasteiger partial charge >= 0.3 is 0 Å². The number of carbonyl (C=O) groups excluding carboxylic acids is 1. The number of phenolic OH excluding ortho intramolecular Hbond substituents is 1. The molecule has 0 atom stereocenters. The van der Waals surface area contributed by atoms with Crippen LogP contribution in [-0.4, -0.2) is 19.3 Å². The summed E-state index contributed by atoms with van der Waals surface area (Å²) < 4.78 is 29.0. The Labute approximate surface area is 213 Å². The van der Waals surface area contributed by atoms with Gasteiger partial charge in [0.05, 0.1) is 14.7 Å². The van der Waals surface area contributed by atoms with Gasteiger partial charge in [0.25, 0.3) is 0 Å². The third kappa shape index (κ3) is 6.16. The van der Waals surface area contributed by atoms with Gasteiger partial charge in [0.15, 0.2) is 9.84 Å². The highest BCUT2D eigenvalue weighted by Crippen LogP contribution is 2.34. The minimum atomic E-state index is -3.99. The topological polar surface area (TPSA) is 71.4 Å². The maximum atomic E-state index is 13.3. The molecule has 0 bridgehead atoms. The van der Waals surface area contributed by atoms with E-state index in [0.717, 1.165) is 8.95 Å². The van der Waals surface area contributed by atoms with Crippen LogP contribution in [0.25, 0.3) is 6.08 Å². The van der Waals surface area contributed by atoms with Crippen molar-refractivity contribution in [1.82, 2.24) is 0 Å². The Morgan fingerprint density at radius 3 is 1.84 bits per heavy atom. The molecule has 0 radical (unpaired) electrons. The van der Waals surface area contributed by atoms with E-state index in [2.05, 4.69) is 63.7 Å². The first-order chi connectivity index (χ1) is 14.6. The molecular weight excluding hydrogens is 680 g/mol. The molecule has 3 aromatic carbocycles. The number of sulfone groups is 1. The average molecular weight is 694 g/mol. The van der Waals surface area contributed by atoms with E-state index in [9.17, 15) is 18.3 Å². The molecule has 1 N–H and O–H groups in total. The molecule has 0 saturated heterocycles. The number of Topliss-reactive ketones (excluding diaryl/α,β-unsaturated/α-hetero) is 1. The van der Waals surface area contributed by atoms with E-state index in [1.807, 2.05) is 0 Å². The van der Waals surface area contributed by atoms with Crippen molar-refractivity contribution < 1.29 is 18.3 Å². The van der Waals surface area contributed by atoms with Gasteiger partial charge in [0, 0.05) is 14.5 Å². The molecule has 0 aliphatic heterocycles. The van der Waals surface area contributed by atoms with Gasteiger partial charge in [0.1, 0.15) is 10.7 Å². The second-order valence-corrected chi connectivity index (χ2v) is 12.1. The normalized spacial score (nSPS) is 12.1. The molecule has 0 aromatic heterocycles. The largest absolute Gasteiger partial charge is 0.506 e. The number of ketones is 1. The number of hydrogen-bond acceptors (Lipinski definition) is 4. The molecule has 0 aliphatic carbocycles. The Morgan fingerprint density at radius 2 is 1.32 bits per heavy atom. The molecular formula is C22H14Br4O4S. The summed E-state index contributed by atoms with van der Waals surface area (Å²) in [5.41, 5.74) is 1.26. The van der Waals surface area contributed by atoms with Crippen molar-refractivity contribution in [2.24, 2.45) is 0 Å². The van der Waals surface area contributed by atoms with Crippen LogP contribution in [0, 0.1) is 0 Å². The fourth-order valence-electron chi connectivity index (χ4n) is 2.74. The van der Waals surface area contributed by atoms with Crippen LogP contribution in [0.3, 0.4) is 0 Å². The van der Waals surface area contributed by atoms with Gasteiger partial charge in [-0.2, -0.15) is 0 Å². The van der Waals surface area contributed by atoms with E-state index in [4.69, 9.17) is 0 Å². The molecule has 0 aliphatic rings. The molecule has 0 saturated carbocycles. The average Bonchev–Trinajstić information content (AvgIpc) is 2.71. The first-order valence-electron chi connectivity index (χ1n) is 8.74. The number of hydrogen-bond donors (Lipinski definition) is 1. The summed E-state index contributed by atoms with van der Waals surface area (Å²) in [5.74, 6) is -0.949. The van der Waals surface area contributed by atoms with Crippen molar-refractivity contribution in [3.05, 3.63) is 100 Å². The van der Waals surface area contributed by atoms with Gasteiger partial charge in [-0.1, -0.05) is 44.0 Å². The first kappa shape index (κ1) is 24.4. The summed E-state index contributed by atoms with van der Waals surface area (Å²) in [4.78, 5) is 12.9. The molecule has 0 spiro atoms. The highest BCUT2D eigenvalue weighted by Gasteiger charge is 2.27. The fourth-order valence-corrected chi connectivity index (χ4v) is 5.99. The summed E-state index contributed by atoms with van der Waals surface area (Å²) in [7, 11) is -3.99. The molecule has 0 heterocycles. The lowest BCUT2D eigenvalue weighted by molar-refractivity contribution is 0.104. The van der Waals surface area contributed by atoms with Crippen molar-refractivity contribution in [3.63, 3.8) is 0 Å². The van der Waals surface area contributed by atoms with Gasteiger partial charge < -0.3 is 5.11 Å². The Balaban J connectivity index is 2.12. The van der Waals surface area contributed by atoms with Crippen LogP contribution in [-0.2, 0) is 15.6 Å². The molecule has 0 fully saturated rings. The van der Waals surface area contributed by atoms with Gasteiger partial charge in [-0.05, 0) is 97.6 Å². The lowest BCUT2D eigenvalue weighted by Gasteiger charge is -2.11. The summed E-state index contributed by atoms with van der Waals surface area (Å²) in [6.45, 7) is 0. The van der Waals surface area contributed by atoms with E-state index < -0.39 is 15.6 Å². The number of phenols is 1. The Morgan fingerprint density at radius 1 is 0.839 bits per heavy atom. The quantitative estimate of drug-likeness (QED) is 0.218. The smallest absolute Gasteiger partial charge is 0.204 e. The summed E-state index contributed by atoms with van der Waals surface area (Å²) in [6, 6.07) is 16.5. The highest BCUT2D eigenvalue weighted by atomic mass is 79.9. The van der Waals surface area contributed by atoms with Crippen LogP contribution in [0.2, 0.25) is 0 Å². The predicted molar refractivity (Wildman–Crippen MR) is 137 cm³/mol. The van der Waals surface area contributed by atoms with Crippen molar-refractivity contribution in [2.75, 3.05) is 0 Å². The van der Waals surface area contributed by atoms with Gasteiger partial charge in [-0.3, -0.25) is 4.79 Å². The van der Waals surface area contributed by atoms with Crippen molar-refractivity contribution in [1.29, 1.82) is 0 Å². The van der Waals surface area contributed by atoms with Crippen LogP contribution in [0.4, 0.5) is 0 Å². The number of rotatable bonds is 6. The third-order valence-corrected chi connectivity index (χ3v) is 8.23. The first-order valence-corrected chi connectivity index (χ1v) is 13.6. The lowest BCUT2D eigenvalue weighted by Crippen LogP contribution is -2.16. The minimum absolute atomic E-state index is 0.0179. The molecule has 3 rings (SSSR count). The number of carbonyl (C=O) groups is 1. The van der Waals surface area contributed by atoms with Gasteiger partial charge in [-0.25, -0.2) is 8.42 Å². The van der Waals surface area contributed by atoms with Crippen LogP contribution >= 0.6 is 63.7 Å². The molecule has 31 heavy (non-hydrogen) atoms. The minimum Gasteiger partial charge on any atom is -0.506 e. The Hall–Kier alpha value is -1.26. The lowest BCUT2D eigenvalue weighted by atomic mass is 10.1. The predicted octanol–water partition coefficient (Wildman–Crippen LogP) is 7.28. The van der Waals surface area contributed by atoms with Gasteiger partial charge in [0.2, 0.25) is 5.78 Å². The van der Waals surface area contributed by atoms with E-state index >= 15 is 0 Å². The number of allylic oxidation sites excluding steroid dienone is 1. The summed E-state index contributed by atoms with van der Waals surface area (Å²) in [5, 5.41) is 9.95. The zero-order valence-electron chi connectivity index (χ0n) is 15.7. The monoisotopic (exact) mass is 690 g/mol. The highest BCUT2D eigenvalue weighted by molar-refractivity contribution is 9.11. The standard InChI is InChI=1S/C22H14Br4O4S/c23-16-5-1-13(2-6-16)12-31(29,30)20(21(27)15-3-7-17(24)8-4-15)11-14-9-18(25)22(28)19(26)10-14/h1-11,28H,12H2. The number of halogens is 4. The van der Waals surface area contributed by atoms with Crippen LogP contribution in [0.15, 0.2) is 83.5 Å². The summed E-state index contributed by atoms with van der Waals surface area (Å²) >= 11 is 13.1. The second-order valence-electron chi connectivity index (χ2n) is 6.56. The van der Waals surface area contributed by atoms with E-state index in [0.29, 0.717) is 20.1 Å². The van der Waals surface area contributed by atoms with E-state index in [1.165, 1.54) is 6.08 Å². The Bertz CT molecular complexity index is 1240. The van der Waals surface area contributed by atoms with Crippen molar-refractivity contribution in [2.45, 2.75) is 5.75 Å². The third-order valence-electron chi connectivity index (χ3n) is 4.27. The fraction of sp³-hybridized carbons (Fsp3) is 0.0455. The summed E-state index contributed by atoms with van der Waals surface area (Å²) in [6.07, 6.45) is 1.33. The molecule has 3 aromatic rings. The van der Waals surface area contributed by atoms with Crippen LogP contribution in [0.1, 0.15) is 21.5 Å². The Kier molecular flexibility index (Phi) is 7.96. The van der Waals surface area contributed by atoms with E-state index in [-0.39, 0.29) is 22.0 Å². The van der Waals surface area contributed by atoms with Crippen molar-refractivity contribution in [3.8, 4) is 5.75 Å². The molecule has 160 valence electrons. The number of benzene rings is 3. The van der Waals surface area contributed by atoms with Crippen LogP contribution < -0.4 is 0 Å². The zero-order chi connectivity index (χ0) is 22.8. The van der Waals surface area contributed by atoms with Crippen molar-refractivity contribution >= 4 is 85.4 Å². The van der Waals surface area contributed by atoms with Gasteiger partial charge in [-0.15, -0.1) is 0 Å². The molecule has 0 amide bonds. The SMILES string of the molecule is O=C(C(=Cc1cc(Br)c(O)c(Br)c1)S(=O)(=O)Cc1ccc(Br)cc1)c1ccc(Br)cc1. The molecule has 9 heteroatoms. The molecule has 0 unspecified atom stereocenters. The maximum Gasteiger partial charge on any atom is 0.204 e. The van der Waals surface area contributed by atoms with Crippen LogP contribution in [0.5, 0.6) is 5.75 Å². The maximum absolute atomic E-state index is 13.3. The number of aromatic hydroxyl groups is 1. The zero-order valence-corrected chi connectivity index (χ0v) is 22.8. The second kappa shape index (κ2) is 10.1.